The minimum Gasteiger partial charge on any atom is -0.309 e. The molecule has 116 valence electrons. The van der Waals surface area contributed by atoms with Crippen LogP contribution in [0.4, 0.5) is 0 Å². The summed E-state index contributed by atoms with van der Waals surface area (Å²) in [6.07, 6.45) is 5.77. The molecule has 2 aliphatic rings. The SMILES string of the molecule is CCC1(CNS(=O)(=O)c2ccc3c(c2)CNC3)CCCC1. The van der Waals surface area contributed by atoms with Gasteiger partial charge in [-0.05, 0) is 47.9 Å². The van der Waals surface area contributed by atoms with Crippen molar-refractivity contribution in [2.24, 2.45) is 5.41 Å². The lowest BCUT2D eigenvalue weighted by Crippen LogP contribution is -2.35. The topological polar surface area (TPSA) is 58.2 Å². The summed E-state index contributed by atoms with van der Waals surface area (Å²) in [4.78, 5) is 0.397. The predicted molar refractivity (Wildman–Crippen MR) is 83.4 cm³/mol. The number of fused-ring (bicyclic) bond motifs is 1. The monoisotopic (exact) mass is 308 g/mol. The van der Waals surface area contributed by atoms with Gasteiger partial charge in [-0.25, -0.2) is 13.1 Å². The Bertz CT molecular complexity index is 619. The Morgan fingerprint density at radius 1 is 1.19 bits per heavy atom. The van der Waals surface area contributed by atoms with E-state index in [4.69, 9.17) is 0 Å². The van der Waals surface area contributed by atoms with Gasteiger partial charge in [-0.1, -0.05) is 25.8 Å². The number of rotatable bonds is 5. The van der Waals surface area contributed by atoms with E-state index in [9.17, 15) is 8.42 Å². The molecule has 1 aromatic rings. The molecule has 1 aromatic carbocycles. The molecule has 21 heavy (non-hydrogen) atoms. The summed E-state index contributed by atoms with van der Waals surface area (Å²) in [5.74, 6) is 0. The molecule has 1 fully saturated rings. The van der Waals surface area contributed by atoms with Crippen LogP contribution < -0.4 is 10.0 Å². The first kappa shape index (κ1) is 15.0. The second-order valence-corrected chi connectivity index (χ2v) is 8.19. The quantitative estimate of drug-likeness (QED) is 0.879. The van der Waals surface area contributed by atoms with Crippen LogP contribution in [0.1, 0.15) is 50.2 Å². The van der Waals surface area contributed by atoms with Crippen LogP contribution in [-0.4, -0.2) is 15.0 Å². The molecule has 0 bridgehead atoms. The number of nitrogens with one attached hydrogen (secondary N) is 2. The minimum atomic E-state index is -3.40. The third-order valence-electron chi connectivity index (χ3n) is 5.17. The van der Waals surface area contributed by atoms with E-state index in [0.717, 1.165) is 37.9 Å². The largest absolute Gasteiger partial charge is 0.309 e. The maximum Gasteiger partial charge on any atom is 0.240 e. The lowest BCUT2D eigenvalue weighted by Gasteiger charge is -2.27. The van der Waals surface area contributed by atoms with Crippen LogP contribution in [0.3, 0.4) is 0 Å². The summed E-state index contributed by atoms with van der Waals surface area (Å²) >= 11 is 0. The fourth-order valence-electron chi connectivity index (χ4n) is 3.55. The van der Waals surface area contributed by atoms with Crippen molar-refractivity contribution >= 4 is 10.0 Å². The molecular formula is C16H24N2O2S. The molecule has 0 amide bonds. The van der Waals surface area contributed by atoms with Gasteiger partial charge in [-0.2, -0.15) is 0 Å². The molecule has 0 aromatic heterocycles. The lowest BCUT2D eigenvalue weighted by atomic mass is 9.84. The molecule has 2 N–H and O–H groups in total. The molecule has 0 saturated heterocycles. The first-order valence-electron chi connectivity index (χ1n) is 7.87. The Morgan fingerprint density at radius 2 is 1.90 bits per heavy atom. The van der Waals surface area contributed by atoms with Crippen molar-refractivity contribution in [2.75, 3.05) is 6.54 Å². The van der Waals surface area contributed by atoms with Crippen molar-refractivity contribution in [3.63, 3.8) is 0 Å². The van der Waals surface area contributed by atoms with Crippen molar-refractivity contribution in [1.29, 1.82) is 0 Å². The fourth-order valence-corrected chi connectivity index (χ4v) is 4.76. The van der Waals surface area contributed by atoms with E-state index in [1.807, 2.05) is 12.1 Å². The molecule has 0 radical (unpaired) electrons. The maximum absolute atomic E-state index is 12.5. The van der Waals surface area contributed by atoms with E-state index >= 15 is 0 Å². The van der Waals surface area contributed by atoms with Gasteiger partial charge in [-0.3, -0.25) is 0 Å². The lowest BCUT2D eigenvalue weighted by molar-refractivity contribution is 0.285. The van der Waals surface area contributed by atoms with Gasteiger partial charge in [0.05, 0.1) is 4.90 Å². The third-order valence-corrected chi connectivity index (χ3v) is 6.57. The van der Waals surface area contributed by atoms with E-state index in [1.54, 1.807) is 6.07 Å². The normalized spacial score (nSPS) is 20.6. The standard InChI is InChI=1S/C16H24N2O2S/c1-2-16(7-3-4-8-16)12-18-21(19,20)15-6-5-13-10-17-11-14(13)9-15/h5-6,9,17-18H,2-4,7-8,10-12H2,1H3. The van der Waals surface area contributed by atoms with E-state index in [2.05, 4.69) is 17.0 Å². The van der Waals surface area contributed by atoms with Gasteiger partial charge in [-0.15, -0.1) is 0 Å². The zero-order chi connectivity index (χ0) is 14.9. The number of hydrogen-bond acceptors (Lipinski definition) is 3. The summed E-state index contributed by atoms with van der Waals surface area (Å²) in [6.45, 7) is 4.33. The summed E-state index contributed by atoms with van der Waals surface area (Å²) in [7, 11) is -3.40. The Hall–Kier alpha value is -0.910. The smallest absolute Gasteiger partial charge is 0.240 e. The van der Waals surface area contributed by atoms with Gasteiger partial charge in [0.15, 0.2) is 0 Å². The summed E-state index contributed by atoms with van der Waals surface area (Å²) in [5.41, 5.74) is 2.48. The Labute approximate surface area is 127 Å². The molecule has 1 heterocycles. The van der Waals surface area contributed by atoms with Crippen molar-refractivity contribution in [3.05, 3.63) is 29.3 Å². The van der Waals surface area contributed by atoms with Crippen LogP contribution in [0.5, 0.6) is 0 Å². The van der Waals surface area contributed by atoms with Crippen LogP contribution in [0.2, 0.25) is 0 Å². The average Bonchev–Trinajstić information content (AvgIpc) is 3.14. The van der Waals surface area contributed by atoms with Gasteiger partial charge < -0.3 is 5.32 Å². The van der Waals surface area contributed by atoms with Crippen molar-refractivity contribution in [1.82, 2.24) is 10.0 Å². The summed E-state index contributed by atoms with van der Waals surface area (Å²) in [5, 5.41) is 3.24. The van der Waals surface area contributed by atoms with Gasteiger partial charge in [0, 0.05) is 19.6 Å². The Morgan fingerprint density at radius 3 is 2.62 bits per heavy atom. The van der Waals surface area contributed by atoms with Gasteiger partial charge in [0.25, 0.3) is 0 Å². The summed E-state index contributed by atoms with van der Waals surface area (Å²) < 4.78 is 27.9. The molecule has 4 nitrogen and oxygen atoms in total. The first-order valence-corrected chi connectivity index (χ1v) is 9.35. The van der Waals surface area contributed by atoms with Crippen LogP contribution >= 0.6 is 0 Å². The van der Waals surface area contributed by atoms with E-state index < -0.39 is 10.0 Å². The van der Waals surface area contributed by atoms with Crippen molar-refractivity contribution in [3.8, 4) is 0 Å². The zero-order valence-electron chi connectivity index (χ0n) is 12.6. The molecule has 0 atom stereocenters. The van der Waals surface area contributed by atoms with E-state index in [1.165, 1.54) is 18.4 Å². The van der Waals surface area contributed by atoms with Gasteiger partial charge in [0.2, 0.25) is 10.0 Å². The molecule has 1 aliphatic heterocycles. The van der Waals surface area contributed by atoms with Crippen LogP contribution in [0.15, 0.2) is 23.1 Å². The molecule has 1 aliphatic carbocycles. The summed E-state index contributed by atoms with van der Waals surface area (Å²) in [6, 6.07) is 5.46. The molecule has 3 rings (SSSR count). The van der Waals surface area contributed by atoms with Gasteiger partial charge >= 0.3 is 0 Å². The van der Waals surface area contributed by atoms with Crippen LogP contribution in [0, 0.1) is 5.41 Å². The maximum atomic E-state index is 12.5. The molecule has 5 heteroatoms. The third kappa shape index (κ3) is 3.00. The highest BCUT2D eigenvalue weighted by Gasteiger charge is 2.33. The molecule has 0 spiro atoms. The zero-order valence-corrected chi connectivity index (χ0v) is 13.4. The Kier molecular flexibility index (Phi) is 4.08. The van der Waals surface area contributed by atoms with Crippen LogP contribution in [0.25, 0.3) is 0 Å². The highest BCUT2D eigenvalue weighted by atomic mass is 32.2. The van der Waals surface area contributed by atoms with E-state index in [-0.39, 0.29) is 5.41 Å². The Balaban J connectivity index is 1.75. The van der Waals surface area contributed by atoms with Gasteiger partial charge in [0.1, 0.15) is 0 Å². The average molecular weight is 308 g/mol. The molecule has 1 saturated carbocycles. The molecular weight excluding hydrogens is 284 g/mol. The number of benzene rings is 1. The first-order chi connectivity index (χ1) is 10.0. The molecule has 0 unspecified atom stereocenters. The predicted octanol–water partition coefficient (Wildman–Crippen LogP) is 2.54. The van der Waals surface area contributed by atoms with Crippen LogP contribution in [-0.2, 0) is 23.1 Å². The van der Waals surface area contributed by atoms with E-state index in [0.29, 0.717) is 11.4 Å². The number of sulfonamides is 1. The minimum absolute atomic E-state index is 0.172. The van der Waals surface area contributed by atoms with Crippen molar-refractivity contribution in [2.45, 2.75) is 57.0 Å². The second kappa shape index (κ2) is 5.71. The van der Waals surface area contributed by atoms with Crippen molar-refractivity contribution < 1.29 is 8.42 Å². The highest BCUT2D eigenvalue weighted by Crippen LogP contribution is 2.40. The fraction of sp³-hybridized carbons (Fsp3) is 0.625. The number of hydrogen-bond donors (Lipinski definition) is 2. The highest BCUT2D eigenvalue weighted by molar-refractivity contribution is 7.89. The second-order valence-electron chi connectivity index (χ2n) is 6.42.